The normalized spacial score (nSPS) is 11.9. The van der Waals surface area contributed by atoms with Crippen molar-refractivity contribution >= 4 is 27.5 Å². The van der Waals surface area contributed by atoms with Gasteiger partial charge < -0.3 is 19.7 Å². The largest absolute Gasteiger partial charge is 0.497 e. The lowest BCUT2D eigenvalue weighted by atomic mass is 10.1. The Balaban J connectivity index is 2.21. The molecule has 0 saturated heterocycles. The summed E-state index contributed by atoms with van der Waals surface area (Å²) in [4.78, 5) is 27.4. The zero-order valence-corrected chi connectivity index (χ0v) is 21.8. The predicted molar refractivity (Wildman–Crippen MR) is 136 cm³/mol. The Bertz CT molecular complexity index is 1110. The lowest BCUT2D eigenvalue weighted by molar-refractivity contribution is -0.141. The zero-order chi connectivity index (χ0) is 26.0. The molecule has 0 unspecified atom stereocenters. The summed E-state index contributed by atoms with van der Waals surface area (Å²) in [6.45, 7) is 2.19. The van der Waals surface area contributed by atoms with Crippen LogP contribution in [-0.2, 0) is 26.2 Å². The molecule has 0 aromatic heterocycles. The minimum Gasteiger partial charge on any atom is -0.497 e. The number of likely N-dealkylation sites (N-methyl/N-ethyl adjacent to an activating group) is 1. The summed E-state index contributed by atoms with van der Waals surface area (Å²) in [5, 5.41) is 2.63. The summed E-state index contributed by atoms with van der Waals surface area (Å²) in [5.74, 6) is 0.707. The average molecular weight is 506 g/mol. The van der Waals surface area contributed by atoms with Crippen LogP contribution in [0.15, 0.2) is 48.5 Å². The lowest BCUT2D eigenvalue weighted by Crippen LogP contribution is -2.48. The van der Waals surface area contributed by atoms with Crippen LogP contribution in [0.3, 0.4) is 0 Å². The van der Waals surface area contributed by atoms with Crippen LogP contribution >= 0.6 is 0 Å². The van der Waals surface area contributed by atoms with Crippen molar-refractivity contribution in [2.45, 2.75) is 38.8 Å². The molecule has 0 aliphatic rings. The van der Waals surface area contributed by atoms with Crippen molar-refractivity contribution in [3.63, 3.8) is 0 Å². The molecule has 10 heteroatoms. The fourth-order valence-corrected chi connectivity index (χ4v) is 4.78. The van der Waals surface area contributed by atoms with E-state index in [0.29, 0.717) is 23.6 Å². The third-order valence-corrected chi connectivity index (χ3v) is 6.81. The number of nitrogens with zero attached hydrogens (tertiary/aromatic N) is 2. The third kappa shape index (κ3) is 7.88. The van der Waals surface area contributed by atoms with Crippen LogP contribution in [0.25, 0.3) is 0 Å². The molecule has 2 amide bonds. The average Bonchev–Trinajstić information content (AvgIpc) is 2.85. The Morgan fingerprint density at radius 3 is 2.23 bits per heavy atom. The van der Waals surface area contributed by atoms with Crippen molar-refractivity contribution in [1.29, 1.82) is 0 Å². The van der Waals surface area contributed by atoms with Gasteiger partial charge in [-0.25, -0.2) is 8.42 Å². The molecule has 0 heterocycles. The van der Waals surface area contributed by atoms with E-state index < -0.39 is 16.1 Å². The molecule has 0 aliphatic heterocycles. The number of hydrogen-bond donors (Lipinski definition) is 1. The second kappa shape index (κ2) is 13.0. The number of sulfonamides is 1. The van der Waals surface area contributed by atoms with E-state index in [2.05, 4.69) is 5.32 Å². The molecule has 2 aromatic rings. The van der Waals surface area contributed by atoms with E-state index in [1.807, 2.05) is 31.2 Å². The van der Waals surface area contributed by atoms with Gasteiger partial charge in [0.1, 0.15) is 17.5 Å². The predicted octanol–water partition coefficient (Wildman–Crippen LogP) is 2.80. The summed E-state index contributed by atoms with van der Waals surface area (Å²) in [7, 11) is 1.03. The molecule has 0 bridgehead atoms. The van der Waals surface area contributed by atoms with Crippen molar-refractivity contribution in [1.82, 2.24) is 10.2 Å². The first kappa shape index (κ1) is 28.0. The number of methoxy groups -OCH3 is 2. The minimum absolute atomic E-state index is 0.0768. The molecule has 35 heavy (non-hydrogen) atoms. The Morgan fingerprint density at radius 1 is 1.03 bits per heavy atom. The van der Waals surface area contributed by atoms with Gasteiger partial charge in [0, 0.05) is 32.6 Å². The number of benzene rings is 2. The molecule has 0 fully saturated rings. The standard InChI is InChI=1S/C25H35N3O6S/c1-6-23(25(30)26-2)27(18-19-10-7-12-21(16-19)33-3)24(29)14-9-15-28(35(5,31)32)20-11-8-13-22(17-20)34-4/h7-8,10-13,16-17,23H,6,9,14-15,18H2,1-5H3,(H,26,30)/t23-/m1/s1. The SMILES string of the molecule is CC[C@H](C(=O)NC)N(Cc1cccc(OC)c1)C(=O)CCCN(c1cccc(OC)c1)S(C)(=O)=O. The Hall–Kier alpha value is -3.27. The van der Waals surface area contributed by atoms with Crippen LogP contribution in [0.2, 0.25) is 0 Å². The number of ether oxygens (including phenoxy) is 2. The highest BCUT2D eigenvalue weighted by molar-refractivity contribution is 7.92. The second-order valence-electron chi connectivity index (χ2n) is 8.05. The van der Waals surface area contributed by atoms with E-state index in [1.165, 1.54) is 18.5 Å². The summed E-state index contributed by atoms with van der Waals surface area (Å²) < 4.78 is 36.6. The molecule has 0 saturated carbocycles. The van der Waals surface area contributed by atoms with E-state index >= 15 is 0 Å². The molecule has 1 N–H and O–H groups in total. The maximum absolute atomic E-state index is 13.3. The Kier molecular flexibility index (Phi) is 10.4. The highest BCUT2D eigenvalue weighted by atomic mass is 32.2. The van der Waals surface area contributed by atoms with E-state index in [1.54, 1.807) is 36.3 Å². The van der Waals surface area contributed by atoms with Gasteiger partial charge in [-0.1, -0.05) is 25.1 Å². The number of rotatable bonds is 13. The molecule has 9 nitrogen and oxygen atoms in total. The topological polar surface area (TPSA) is 105 Å². The molecule has 192 valence electrons. The van der Waals surface area contributed by atoms with Crippen molar-refractivity contribution in [2.75, 3.05) is 38.4 Å². The summed E-state index contributed by atoms with van der Waals surface area (Å²) in [6, 6.07) is 13.4. The zero-order valence-electron chi connectivity index (χ0n) is 21.0. The van der Waals surface area contributed by atoms with E-state index in [4.69, 9.17) is 9.47 Å². The smallest absolute Gasteiger partial charge is 0.242 e. The lowest BCUT2D eigenvalue weighted by Gasteiger charge is -2.31. The number of carbonyl (C=O) groups is 2. The molecule has 0 radical (unpaired) electrons. The van der Waals surface area contributed by atoms with Gasteiger partial charge in [-0.05, 0) is 42.7 Å². The van der Waals surface area contributed by atoms with Gasteiger partial charge in [0.2, 0.25) is 21.8 Å². The summed E-state index contributed by atoms with van der Waals surface area (Å²) in [6.07, 6.45) is 1.92. The first-order chi connectivity index (χ1) is 16.6. The van der Waals surface area contributed by atoms with Gasteiger partial charge >= 0.3 is 0 Å². The maximum atomic E-state index is 13.3. The fraction of sp³-hybridized carbons (Fsp3) is 0.440. The van der Waals surface area contributed by atoms with Gasteiger partial charge in [0.05, 0.1) is 26.2 Å². The summed E-state index contributed by atoms with van der Waals surface area (Å²) in [5.41, 5.74) is 1.29. The first-order valence-electron chi connectivity index (χ1n) is 11.4. The molecule has 2 aromatic carbocycles. The number of anilines is 1. The number of hydrogen-bond acceptors (Lipinski definition) is 6. The van der Waals surface area contributed by atoms with Crippen LogP contribution in [0, 0.1) is 0 Å². The highest BCUT2D eigenvalue weighted by Crippen LogP contribution is 2.24. The molecule has 2 rings (SSSR count). The van der Waals surface area contributed by atoms with Gasteiger partial charge in [-0.2, -0.15) is 0 Å². The maximum Gasteiger partial charge on any atom is 0.242 e. The van der Waals surface area contributed by atoms with Crippen molar-refractivity contribution in [3.05, 3.63) is 54.1 Å². The number of amides is 2. The Morgan fingerprint density at radius 2 is 1.66 bits per heavy atom. The van der Waals surface area contributed by atoms with Gasteiger partial charge in [-0.3, -0.25) is 13.9 Å². The highest BCUT2D eigenvalue weighted by Gasteiger charge is 2.28. The molecular formula is C25H35N3O6S. The summed E-state index contributed by atoms with van der Waals surface area (Å²) >= 11 is 0. The fourth-order valence-electron chi connectivity index (χ4n) is 3.82. The number of carbonyl (C=O) groups excluding carboxylic acids is 2. The van der Waals surface area contributed by atoms with E-state index in [9.17, 15) is 18.0 Å². The van der Waals surface area contributed by atoms with Gasteiger partial charge in [0.25, 0.3) is 0 Å². The monoisotopic (exact) mass is 505 g/mol. The minimum atomic E-state index is -3.58. The van der Waals surface area contributed by atoms with E-state index in [0.717, 1.165) is 11.8 Å². The van der Waals surface area contributed by atoms with Crippen LogP contribution in [-0.4, -0.2) is 65.2 Å². The van der Waals surface area contributed by atoms with Crippen LogP contribution in [0.1, 0.15) is 31.7 Å². The van der Waals surface area contributed by atoms with Gasteiger partial charge in [0.15, 0.2) is 0 Å². The Labute approximate surface area is 208 Å². The quantitative estimate of drug-likeness (QED) is 0.449. The van der Waals surface area contributed by atoms with Gasteiger partial charge in [-0.15, -0.1) is 0 Å². The van der Waals surface area contributed by atoms with Crippen molar-refractivity contribution in [3.8, 4) is 11.5 Å². The third-order valence-electron chi connectivity index (χ3n) is 5.61. The second-order valence-corrected chi connectivity index (χ2v) is 9.96. The molecular weight excluding hydrogens is 470 g/mol. The van der Waals surface area contributed by atoms with Crippen molar-refractivity contribution in [2.24, 2.45) is 0 Å². The number of nitrogens with one attached hydrogen (secondary N) is 1. The van der Waals surface area contributed by atoms with Crippen LogP contribution in [0.5, 0.6) is 11.5 Å². The van der Waals surface area contributed by atoms with E-state index in [-0.39, 0.29) is 37.7 Å². The molecule has 0 spiro atoms. The first-order valence-corrected chi connectivity index (χ1v) is 13.2. The van der Waals surface area contributed by atoms with Crippen LogP contribution < -0.4 is 19.1 Å². The molecule has 0 aliphatic carbocycles. The van der Waals surface area contributed by atoms with Crippen molar-refractivity contribution < 1.29 is 27.5 Å². The molecule has 1 atom stereocenters. The van der Waals surface area contributed by atoms with Crippen LogP contribution in [0.4, 0.5) is 5.69 Å².